The third kappa shape index (κ3) is 6.65. The van der Waals surface area contributed by atoms with Crippen LogP contribution in [0.2, 0.25) is 0 Å². The first-order chi connectivity index (χ1) is 13.6. The average molecular weight is 409 g/mol. The number of hydrogen-bond donors (Lipinski definition) is 0. The summed E-state index contributed by atoms with van der Waals surface area (Å²) in [6.07, 6.45) is 5.78. The Kier molecular flexibility index (Phi) is 8.24. The van der Waals surface area contributed by atoms with Crippen molar-refractivity contribution in [1.82, 2.24) is 9.88 Å². The number of carboxylic acid groups (broad SMARTS) is 1. The zero-order chi connectivity index (χ0) is 21.2. The minimum absolute atomic E-state index is 0. The minimum atomic E-state index is -1.13. The Labute approximate surface area is 191 Å². The van der Waals surface area contributed by atoms with E-state index in [9.17, 15) is 14.7 Å². The van der Waals surface area contributed by atoms with E-state index in [0.717, 1.165) is 38.2 Å². The number of piperidine rings is 1. The number of pyridine rings is 1. The second-order valence-corrected chi connectivity index (χ2v) is 9.30. The predicted octanol–water partition coefficient (Wildman–Crippen LogP) is -0.445. The summed E-state index contributed by atoms with van der Waals surface area (Å²) in [5, 5.41) is 11.0. The molecule has 30 heavy (non-hydrogen) atoms. The van der Waals surface area contributed by atoms with Crippen molar-refractivity contribution in [3.8, 4) is 0 Å². The summed E-state index contributed by atoms with van der Waals surface area (Å²) in [6.45, 7) is 9.64. The molecular weight excluding hydrogens is 377 g/mol. The number of ether oxygens (including phenoxy) is 1. The molecule has 2 heterocycles. The van der Waals surface area contributed by atoms with Crippen LogP contribution in [0.3, 0.4) is 0 Å². The van der Waals surface area contributed by atoms with Gasteiger partial charge in [0, 0.05) is 31.2 Å². The van der Waals surface area contributed by atoms with Crippen molar-refractivity contribution in [3.05, 3.63) is 24.0 Å². The van der Waals surface area contributed by atoms with Gasteiger partial charge in [0.1, 0.15) is 5.60 Å². The second-order valence-electron chi connectivity index (χ2n) is 9.30. The number of amides is 1. The summed E-state index contributed by atoms with van der Waals surface area (Å²) in [5.41, 5.74) is 0.925. The van der Waals surface area contributed by atoms with Gasteiger partial charge >= 0.3 is 25.0 Å². The van der Waals surface area contributed by atoms with Gasteiger partial charge in [-0.2, -0.15) is 0 Å². The number of anilines is 1. The summed E-state index contributed by atoms with van der Waals surface area (Å²) >= 11 is 0. The predicted molar refractivity (Wildman–Crippen MR) is 109 cm³/mol. The van der Waals surface area contributed by atoms with E-state index < -0.39 is 17.5 Å². The van der Waals surface area contributed by atoms with Crippen LogP contribution in [0.5, 0.6) is 0 Å². The molecule has 2 atom stereocenters. The molecule has 160 valence electrons. The number of hydrogen-bond acceptors (Lipinski definition) is 6. The van der Waals surface area contributed by atoms with Gasteiger partial charge in [0.2, 0.25) is 0 Å². The van der Waals surface area contributed by atoms with Gasteiger partial charge in [-0.3, -0.25) is 4.98 Å². The summed E-state index contributed by atoms with van der Waals surface area (Å²) in [5.74, 6) is -1.28. The molecule has 1 aromatic rings. The number of carbonyl (C=O) groups excluding carboxylic acids is 2. The van der Waals surface area contributed by atoms with Crippen LogP contribution in [0.25, 0.3) is 0 Å². The number of carboxylic acids is 1. The number of aromatic nitrogens is 1. The van der Waals surface area contributed by atoms with Gasteiger partial charge in [-0.1, -0.05) is 6.92 Å². The van der Waals surface area contributed by atoms with Crippen molar-refractivity contribution in [3.63, 3.8) is 0 Å². The summed E-state index contributed by atoms with van der Waals surface area (Å²) in [7, 11) is 0. The van der Waals surface area contributed by atoms with Crippen molar-refractivity contribution in [1.29, 1.82) is 0 Å². The molecule has 1 saturated heterocycles. The van der Waals surface area contributed by atoms with E-state index in [1.165, 1.54) is 12.8 Å². The molecule has 1 aliphatic heterocycles. The quantitative estimate of drug-likeness (QED) is 0.592. The van der Waals surface area contributed by atoms with Gasteiger partial charge in [0.05, 0.1) is 23.9 Å². The number of nitrogens with zero attached hydrogens (tertiary/aromatic N) is 3. The van der Waals surface area contributed by atoms with E-state index in [1.807, 2.05) is 31.7 Å². The molecule has 3 rings (SSSR count). The van der Waals surface area contributed by atoms with Crippen molar-refractivity contribution >= 4 is 17.7 Å². The van der Waals surface area contributed by atoms with Gasteiger partial charge in [-0.15, -0.1) is 0 Å². The first-order valence-electron chi connectivity index (χ1n) is 10.6. The normalized spacial score (nSPS) is 20.1. The fraction of sp³-hybridized carbons (Fsp3) is 0.682. The summed E-state index contributed by atoms with van der Waals surface area (Å²) in [4.78, 5) is 32.4. The van der Waals surface area contributed by atoms with E-state index in [1.54, 1.807) is 19.2 Å². The Morgan fingerprint density at radius 3 is 2.53 bits per heavy atom. The largest absolute Gasteiger partial charge is 1.00 e. The average Bonchev–Trinajstić information content (AvgIpc) is 3.48. The van der Waals surface area contributed by atoms with Crippen molar-refractivity contribution < 1.29 is 38.3 Å². The van der Waals surface area contributed by atoms with Gasteiger partial charge in [-0.25, -0.2) is 4.79 Å². The molecule has 0 bridgehead atoms. The molecule has 2 aliphatic rings. The number of carbonyl (C=O) groups is 2. The van der Waals surface area contributed by atoms with Gasteiger partial charge in [0.15, 0.2) is 0 Å². The smallest absolute Gasteiger partial charge is 0.549 e. The van der Waals surface area contributed by atoms with Crippen LogP contribution >= 0.6 is 0 Å². The van der Waals surface area contributed by atoms with E-state index >= 15 is 0 Å². The van der Waals surface area contributed by atoms with E-state index in [4.69, 9.17) is 4.74 Å². The topological polar surface area (TPSA) is 85.8 Å². The van der Waals surface area contributed by atoms with Crippen LogP contribution < -0.4 is 28.9 Å². The maximum absolute atomic E-state index is 12.9. The number of aliphatic carboxylic acids is 1. The zero-order valence-electron chi connectivity index (χ0n) is 18.9. The maximum atomic E-state index is 12.9. The van der Waals surface area contributed by atoms with Crippen molar-refractivity contribution in [2.75, 3.05) is 24.5 Å². The summed E-state index contributed by atoms with van der Waals surface area (Å²) < 4.78 is 5.68. The van der Waals surface area contributed by atoms with E-state index in [2.05, 4.69) is 9.88 Å². The standard InChI is InChI=1S/C22H33N3O4.Li/c1-15(20(26)27)19-10-9-17(12-23-19)24-11-5-6-18(14-24)25(13-16-7-8-16)21(28)29-22(2,3)4;/h9-10,12,15-16,18H,5-8,11,13-14H2,1-4H3,(H,26,27);/q;+1/p-1/t15?,18-;/m1./s1. The molecule has 8 heteroatoms. The van der Waals surface area contributed by atoms with Crippen LogP contribution in [0.15, 0.2) is 18.3 Å². The molecule has 0 radical (unpaired) electrons. The monoisotopic (exact) mass is 409 g/mol. The van der Waals surface area contributed by atoms with Gasteiger partial charge in [0.25, 0.3) is 0 Å². The van der Waals surface area contributed by atoms with Crippen LogP contribution in [0.1, 0.15) is 65.0 Å². The first-order valence-corrected chi connectivity index (χ1v) is 10.6. The molecular formula is C22H32LiN3O4. The van der Waals surface area contributed by atoms with Crippen LogP contribution in [-0.4, -0.2) is 53.2 Å². The molecule has 1 amide bonds. The van der Waals surface area contributed by atoms with E-state index in [-0.39, 0.29) is 31.0 Å². The van der Waals surface area contributed by atoms with Gasteiger partial charge in [-0.05, 0) is 64.5 Å². The molecule has 0 aromatic carbocycles. The first kappa shape index (κ1) is 24.6. The molecule has 1 saturated carbocycles. The SMILES string of the molecule is CC(C(=O)[O-])c1ccc(N2CCC[C@@H](N(CC3CC3)C(=O)OC(C)(C)C)C2)cn1.[Li+]. The van der Waals surface area contributed by atoms with Crippen LogP contribution in [-0.2, 0) is 9.53 Å². The Morgan fingerprint density at radius 2 is 2.00 bits per heavy atom. The third-order valence-corrected chi connectivity index (χ3v) is 5.55. The molecule has 1 aromatic heterocycles. The van der Waals surface area contributed by atoms with Crippen molar-refractivity contribution in [2.24, 2.45) is 5.92 Å². The Balaban J connectivity index is 0.00000320. The van der Waals surface area contributed by atoms with Crippen LogP contribution in [0, 0.1) is 5.92 Å². The van der Waals surface area contributed by atoms with Gasteiger partial charge < -0.3 is 24.4 Å². The van der Waals surface area contributed by atoms with Crippen molar-refractivity contribution in [2.45, 2.75) is 70.9 Å². The molecule has 2 fully saturated rings. The maximum Gasteiger partial charge on any atom is 1.00 e. The molecule has 0 spiro atoms. The third-order valence-electron chi connectivity index (χ3n) is 5.55. The number of rotatable bonds is 6. The second kappa shape index (κ2) is 10.1. The summed E-state index contributed by atoms with van der Waals surface area (Å²) in [6, 6.07) is 3.75. The fourth-order valence-corrected chi connectivity index (χ4v) is 3.68. The Morgan fingerprint density at radius 1 is 1.30 bits per heavy atom. The molecule has 0 N–H and O–H groups in total. The van der Waals surface area contributed by atoms with Crippen LogP contribution in [0.4, 0.5) is 10.5 Å². The zero-order valence-corrected chi connectivity index (χ0v) is 18.9. The minimum Gasteiger partial charge on any atom is -0.549 e. The Hall–Kier alpha value is -1.71. The fourth-order valence-electron chi connectivity index (χ4n) is 3.68. The van der Waals surface area contributed by atoms with E-state index in [0.29, 0.717) is 11.6 Å². The molecule has 1 aliphatic carbocycles. The molecule has 1 unspecified atom stereocenters. The Bertz CT molecular complexity index is 731. The molecule has 7 nitrogen and oxygen atoms in total.